The van der Waals surface area contributed by atoms with E-state index in [0.717, 1.165) is 23.2 Å². The van der Waals surface area contributed by atoms with E-state index >= 15 is 0 Å². The number of aryl methyl sites for hydroxylation is 3. The van der Waals surface area contributed by atoms with Crippen LogP contribution in [0.4, 0.5) is 0 Å². The van der Waals surface area contributed by atoms with Crippen molar-refractivity contribution in [3.63, 3.8) is 0 Å². The van der Waals surface area contributed by atoms with Gasteiger partial charge >= 0.3 is 0 Å². The lowest BCUT2D eigenvalue weighted by molar-refractivity contribution is 0.954. The predicted octanol–water partition coefficient (Wildman–Crippen LogP) is 2.99. The van der Waals surface area contributed by atoms with Crippen LogP contribution in [-0.2, 0) is 6.42 Å². The fourth-order valence-electron chi connectivity index (χ4n) is 1.92. The van der Waals surface area contributed by atoms with Gasteiger partial charge in [0.15, 0.2) is 0 Å². The van der Waals surface area contributed by atoms with Gasteiger partial charge in [0, 0.05) is 20.9 Å². The third-order valence-electron chi connectivity index (χ3n) is 2.88. The van der Waals surface area contributed by atoms with E-state index in [1.165, 1.54) is 9.75 Å². The summed E-state index contributed by atoms with van der Waals surface area (Å²) in [5.74, 6) is 0.694. The lowest BCUT2D eigenvalue weighted by Gasteiger charge is -2.05. The number of rotatable bonds is 2. The molecule has 0 amide bonds. The van der Waals surface area contributed by atoms with Gasteiger partial charge in [0.25, 0.3) is 5.56 Å². The molecule has 0 spiro atoms. The highest BCUT2D eigenvalue weighted by molar-refractivity contribution is 7.12. The molecule has 4 heteroatoms. The van der Waals surface area contributed by atoms with Crippen LogP contribution in [0.25, 0.3) is 11.4 Å². The van der Waals surface area contributed by atoms with Gasteiger partial charge in [-0.15, -0.1) is 11.3 Å². The van der Waals surface area contributed by atoms with Crippen LogP contribution in [0, 0.1) is 20.8 Å². The molecule has 90 valence electrons. The minimum Gasteiger partial charge on any atom is -0.306 e. The second kappa shape index (κ2) is 4.45. The first kappa shape index (κ1) is 12.0. The van der Waals surface area contributed by atoms with E-state index in [2.05, 4.69) is 29.9 Å². The van der Waals surface area contributed by atoms with E-state index < -0.39 is 0 Å². The summed E-state index contributed by atoms with van der Waals surface area (Å²) in [7, 11) is 0. The number of hydrogen-bond acceptors (Lipinski definition) is 3. The molecule has 0 radical (unpaired) electrons. The second-order valence-electron chi connectivity index (χ2n) is 4.17. The molecule has 0 atom stereocenters. The van der Waals surface area contributed by atoms with Crippen LogP contribution in [0.5, 0.6) is 0 Å². The highest BCUT2D eigenvalue weighted by Crippen LogP contribution is 2.27. The minimum atomic E-state index is -0.0323. The molecule has 2 rings (SSSR count). The SMILES string of the molecule is CCc1nc(-c2cc(C)sc2C)[nH]c(=O)c1C. The molecular weight excluding hydrogens is 232 g/mol. The number of thiophene rings is 1. The molecule has 2 aromatic heterocycles. The van der Waals surface area contributed by atoms with Crippen LogP contribution in [0.2, 0.25) is 0 Å². The number of hydrogen-bond donors (Lipinski definition) is 1. The summed E-state index contributed by atoms with van der Waals surface area (Å²) in [4.78, 5) is 21.7. The van der Waals surface area contributed by atoms with Crippen molar-refractivity contribution in [1.29, 1.82) is 0 Å². The first-order valence-corrected chi connectivity index (χ1v) is 6.51. The average Bonchev–Trinajstić information content (AvgIpc) is 2.61. The number of nitrogens with one attached hydrogen (secondary N) is 1. The fraction of sp³-hybridized carbons (Fsp3) is 0.385. The van der Waals surface area contributed by atoms with Crippen molar-refractivity contribution in [2.45, 2.75) is 34.1 Å². The Morgan fingerprint density at radius 3 is 2.59 bits per heavy atom. The van der Waals surface area contributed by atoms with Crippen molar-refractivity contribution < 1.29 is 0 Å². The maximum absolute atomic E-state index is 11.8. The second-order valence-corrected chi connectivity index (χ2v) is 5.63. The Morgan fingerprint density at radius 1 is 1.35 bits per heavy atom. The molecule has 0 aliphatic carbocycles. The molecule has 0 aliphatic rings. The molecule has 0 fully saturated rings. The summed E-state index contributed by atoms with van der Waals surface area (Å²) in [6.45, 7) is 7.96. The smallest absolute Gasteiger partial charge is 0.254 e. The highest BCUT2D eigenvalue weighted by atomic mass is 32.1. The zero-order valence-corrected chi connectivity index (χ0v) is 11.4. The summed E-state index contributed by atoms with van der Waals surface area (Å²) >= 11 is 1.73. The first-order chi connectivity index (χ1) is 8.02. The molecule has 0 saturated heterocycles. The number of H-pyrrole nitrogens is 1. The van der Waals surface area contributed by atoms with E-state index in [-0.39, 0.29) is 5.56 Å². The maximum atomic E-state index is 11.8. The molecule has 2 heterocycles. The number of nitrogens with zero attached hydrogens (tertiary/aromatic N) is 1. The van der Waals surface area contributed by atoms with E-state index in [4.69, 9.17) is 0 Å². The van der Waals surface area contributed by atoms with Crippen LogP contribution < -0.4 is 5.56 Å². The zero-order valence-electron chi connectivity index (χ0n) is 10.5. The van der Waals surface area contributed by atoms with Crippen LogP contribution in [0.3, 0.4) is 0 Å². The molecule has 0 unspecified atom stereocenters. The third-order valence-corrected chi connectivity index (χ3v) is 3.85. The molecule has 1 N–H and O–H groups in total. The van der Waals surface area contributed by atoms with Crippen molar-refractivity contribution in [3.05, 3.63) is 37.4 Å². The van der Waals surface area contributed by atoms with Crippen molar-refractivity contribution >= 4 is 11.3 Å². The van der Waals surface area contributed by atoms with Crippen LogP contribution in [0.15, 0.2) is 10.9 Å². The molecule has 0 saturated carbocycles. The van der Waals surface area contributed by atoms with E-state index in [1.54, 1.807) is 11.3 Å². The topological polar surface area (TPSA) is 45.8 Å². The van der Waals surface area contributed by atoms with Gasteiger partial charge in [-0.2, -0.15) is 0 Å². The molecular formula is C13H16N2OS. The van der Waals surface area contributed by atoms with Crippen LogP contribution in [0.1, 0.15) is 27.9 Å². The van der Waals surface area contributed by atoms with Gasteiger partial charge in [0.1, 0.15) is 5.82 Å². The van der Waals surface area contributed by atoms with Gasteiger partial charge in [0.2, 0.25) is 0 Å². The van der Waals surface area contributed by atoms with E-state index in [1.807, 2.05) is 13.8 Å². The van der Waals surface area contributed by atoms with Gasteiger partial charge in [-0.3, -0.25) is 4.79 Å². The number of aromatic nitrogens is 2. The normalized spacial score (nSPS) is 10.8. The molecule has 0 bridgehead atoms. The summed E-state index contributed by atoms with van der Waals surface area (Å²) in [6.07, 6.45) is 0.783. The molecule has 17 heavy (non-hydrogen) atoms. The number of aromatic amines is 1. The van der Waals surface area contributed by atoms with Gasteiger partial charge < -0.3 is 4.98 Å². The van der Waals surface area contributed by atoms with Gasteiger partial charge in [0.05, 0.1) is 5.69 Å². The van der Waals surface area contributed by atoms with Crippen LogP contribution >= 0.6 is 11.3 Å². The van der Waals surface area contributed by atoms with Crippen molar-refractivity contribution in [3.8, 4) is 11.4 Å². The minimum absolute atomic E-state index is 0.0323. The molecule has 0 aromatic carbocycles. The Bertz CT molecular complexity index is 610. The Morgan fingerprint density at radius 2 is 2.06 bits per heavy atom. The Labute approximate surface area is 105 Å². The molecule has 3 nitrogen and oxygen atoms in total. The fourth-order valence-corrected chi connectivity index (χ4v) is 2.84. The zero-order chi connectivity index (χ0) is 12.6. The van der Waals surface area contributed by atoms with Crippen molar-refractivity contribution in [1.82, 2.24) is 9.97 Å². The first-order valence-electron chi connectivity index (χ1n) is 5.70. The Kier molecular flexibility index (Phi) is 3.15. The summed E-state index contributed by atoms with van der Waals surface area (Å²) in [5.41, 5.74) is 2.61. The Balaban J connectivity index is 2.65. The van der Waals surface area contributed by atoms with Gasteiger partial charge in [-0.25, -0.2) is 4.98 Å². The standard InChI is InChI=1S/C13H16N2OS/c1-5-11-8(3)13(16)15-12(14-11)10-6-7(2)17-9(10)4/h6H,5H2,1-4H3,(H,14,15,16). The quantitative estimate of drug-likeness (QED) is 0.888. The Hall–Kier alpha value is -1.42. The van der Waals surface area contributed by atoms with Gasteiger partial charge in [-0.1, -0.05) is 6.92 Å². The summed E-state index contributed by atoms with van der Waals surface area (Å²) < 4.78 is 0. The van der Waals surface area contributed by atoms with Crippen molar-refractivity contribution in [2.24, 2.45) is 0 Å². The lowest BCUT2D eigenvalue weighted by atomic mass is 10.2. The van der Waals surface area contributed by atoms with E-state index in [9.17, 15) is 4.79 Å². The lowest BCUT2D eigenvalue weighted by Crippen LogP contribution is -2.15. The predicted molar refractivity (Wildman–Crippen MR) is 71.8 cm³/mol. The largest absolute Gasteiger partial charge is 0.306 e. The van der Waals surface area contributed by atoms with Crippen molar-refractivity contribution in [2.75, 3.05) is 0 Å². The van der Waals surface area contributed by atoms with Crippen LogP contribution in [-0.4, -0.2) is 9.97 Å². The third kappa shape index (κ3) is 2.17. The highest BCUT2D eigenvalue weighted by Gasteiger charge is 2.11. The summed E-state index contributed by atoms with van der Waals surface area (Å²) in [6, 6.07) is 2.08. The van der Waals surface area contributed by atoms with E-state index in [0.29, 0.717) is 5.82 Å². The van der Waals surface area contributed by atoms with Gasteiger partial charge in [-0.05, 0) is 33.3 Å². The summed E-state index contributed by atoms with van der Waals surface area (Å²) in [5, 5.41) is 0. The molecule has 2 aromatic rings. The maximum Gasteiger partial charge on any atom is 0.254 e. The average molecular weight is 248 g/mol. The molecule has 0 aliphatic heterocycles. The monoisotopic (exact) mass is 248 g/mol.